The summed E-state index contributed by atoms with van der Waals surface area (Å²) in [6, 6.07) is -0.596. The molecule has 0 bridgehead atoms. The summed E-state index contributed by atoms with van der Waals surface area (Å²) in [4.78, 5) is 24.8. The second kappa shape index (κ2) is 4.82. The predicted octanol–water partition coefficient (Wildman–Crippen LogP) is 0.0616. The van der Waals surface area contributed by atoms with Gasteiger partial charge in [-0.1, -0.05) is 0 Å². The summed E-state index contributed by atoms with van der Waals surface area (Å²) in [7, 11) is 0. The molecule has 0 saturated carbocycles. The third-order valence-corrected chi connectivity index (χ3v) is 3.48. The maximum Gasteiger partial charge on any atom is 0.326 e. The average Bonchev–Trinajstić information content (AvgIpc) is 2.81. The Morgan fingerprint density at radius 3 is 2.69 bits per heavy atom. The minimum Gasteiger partial charge on any atom is -0.480 e. The number of piperidine rings is 1. The van der Waals surface area contributed by atoms with Crippen LogP contribution in [0.1, 0.15) is 25.7 Å². The lowest BCUT2D eigenvalue weighted by Crippen LogP contribution is -2.50. The van der Waals surface area contributed by atoms with Gasteiger partial charge < -0.3 is 15.3 Å². The van der Waals surface area contributed by atoms with Gasteiger partial charge in [-0.25, -0.2) is 4.79 Å². The molecular weight excluding hydrogens is 208 g/mol. The molecule has 5 nitrogen and oxygen atoms in total. The van der Waals surface area contributed by atoms with Gasteiger partial charge in [0, 0.05) is 13.1 Å². The van der Waals surface area contributed by atoms with Crippen molar-refractivity contribution < 1.29 is 14.7 Å². The van der Waals surface area contributed by atoms with Crippen LogP contribution in [0.25, 0.3) is 0 Å². The highest BCUT2D eigenvalue weighted by Gasteiger charge is 2.36. The van der Waals surface area contributed by atoms with Crippen LogP contribution in [-0.4, -0.2) is 47.6 Å². The van der Waals surface area contributed by atoms with Crippen LogP contribution in [0.15, 0.2) is 0 Å². The lowest BCUT2D eigenvalue weighted by atomic mass is 9.98. The summed E-state index contributed by atoms with van der Waals surface area (Å²) in [5, 5.41) is 12.2. The fourth-order valence-corrected chi connectivity index (χ4v) is 2.55. The molecule has 0 radical (unpaired) electrons. The van der Waals surface area contributed by atoms with E-state index in [1.54, 1.807) is 4.90 Å². The molecule has 2 rings (SSSR count). The van der Waals surface area contributed by atoms with Crippen LogP contribution < -0.4 is 5.32 Å². The van der Waals surface area contributed by atoms with Crippen LogP contribution in [0, 0.1) is 5.92 Å². The number of carboxylic acids is 1. The van der Waals surface area contributed by atoms with Crippen molar-refractivity contribution in [1.82, 2.24) is 10.2 Å². The first kappa shape index (κ1) is 11.4. The van der Waals surface area contributed by atoms with E-state index in [1.807, 2.05) is 0 Å². The van der Waals surface area contributed by atoms with E-state index >= 15 is 0 Å². The quantitative estimate of drug-likeness (QED) is 0.698. The maximum absolute atomic E-state index is 12.1. The number of nitrogens with zero attached hydrogens (tertiary/aromatic N) is 1. The third-order valence-electron chi connectivity index (χ3n) is 3.48. The van der Waals surface area contributed by atoms with Gasteiger partial charge >= 0.3 is 5.97 Å². The number of amides is 1. The first-order valence-electron chi connectivity index (χ1n) is 5.94. The first-order chi connectivity index (χ1) is 7.70. The minimum absolute atomic E-state index is 0.0139. The van der Waals surface area contributed by atoms with E-state index in [0.29, 0.717) is 19.5 Å². The summed E-state index contributed by atoms with van der Waals surface area (Å²) in [5.41, 5.74) is 0. The number of nitrogens with one attached hydrogen (secondary N) is 1. The topological polar surface area (TPSA) is 69.6 Å². The number of hydrogen-bond acceptors (Lipinski definition) is 3. The maximum atomic E-state index is 12.1. The summed E-state index contributed by atoms with van der Waals surface area (Å²) >= 11 is 0. The van der Waals surface area contributed by atoms with E-state index in [4.69, 9.17) is 5.11 Å². The molecule has 0 spiro atoms. The Morgan fingerprint density at radius 1 is 1.25 bits per heavy atom. The second-order valence-electron chi connectivity index (χ2n) is 4.57. The number of rotatable bonds is 2. The summed E-state index contributed by atoms with van der Waals surface area (Å²) in [6.07, 6.45) is 3.27. The Labute approximate surface area is 94.8 Å². The molecule has 2 aliphatic heterocycles. The van der Waals surface area contributed by atoms with E-state index in [9.17, 15) is 9.59 Å². The molecule has 0 aromatic rings. The van der Waals surface area contributed by atoms with Crippen LogP contribution in [0.5, 0.6) is 0 Å². The van der Waals surface area contributed by atoms with Crippen molar-refractivity contribution in [2.75, 3.05) is 19.6 Å². The van der Waals surface area contributed by atoms with Crippen LogP contribution in [0.3, 0.4) is 0 Å². The van der Waals surface area contributed by atoms with Gasteiger partial charge in [0.25, 0.3) is 0 Å². The van der Waals surface area contributed by atoms with Gasteiger partial charge in [0.05, 0.1) is 5.92 Å². The van der Waals surface area contributed by atoms with Crippen molar-refractivity contribution in [1.29, 1.82) is 0 Å². The number of carbonyl (C=O) groups is 2. The Morgan fingerprint density at radius 2 is 2.06 bits per heavy atom. The van der Waals surface area contributed by atoms with Gasteiger partial charge in [-0.15, -0.1) is 0 Å². The zero-order chi connectivity index (χ0) is 11.5. The molecular formula is C11H18N2O3. The second-order valence-corrected chi connectivity index (χ2v) is 4.57. The van der Waals surface area contributed by atoms with Gasteiger partial charge in [0.2, 0.25) is 5.91 Å². The Bertz CT molecular complexity index is 287. The lowest BCUT2D eigenvalue weighted by molar-refractivity contribution is -0.153. The molecule has 1 unspecified atom stereocenters. The molecule has 90 valence electrons. The average molecular weight is 226 g/mol. The normalized spacial score (nSPS) is 30.4. The van der Waals surface area contributed by atoms with Gasteiger partial charge in [-0.2, -0.15) is 0 Å². The van der Waals surface area contributed by atoms with Gasteiger partial charge in [-0.3, -0.25) is 4.79 Å². The van der Waals surface area contributed by atoms with E-state index in [0.717, 1.165) is 25.8 Å². The van der Waals surface area contributed by atoms with E-state index in [1.165, 1.54) is 0 Å². The monoisotopic (exact) mass is 226 g/mol. The van der Waals surface area contributed by atoms with Crippen molar-refractivity contribution in [3.63, 3.8) is 0 Å². The molecule has 1 amide bonds. The number of carbonyl (C=O) groups excluding carboxylic acids is 1. The molecule has 2 heterocycles. The summed E-state index contributed by atoms with van der Waals surface area (Å²) < 4.78 is 0. The van der Waals surface area contributed by atoms with Crippen LogP contribution >= 0.6 is 0 Å². The zero-order valence-corrected chi connectivity index (χ0v) is 9.32. The molecule has 16 heavy (non-hydrogen) atoms. The molecule has 2 atom stereocenters. The molecule has 2 N–H and O–H groups in total. The zero-order valence-electron chi connectivity index (χ0n) is 9.32. The van der Waals surface area contributed by atoms with E-state index in [2.05, 4.69) is 5.32 Å². The largest absolute Gasteiger partial charge is 0.480 e. The Balaban J connectivity index is 2.04. The Hall–Kier alpha value is -1.10. The molecule has 0 aromatic heterocycles. The van der Waals surface area contributed by atoms with Gasteiger partial charge in [-0.05, 0) is 32.2 Å². The lowest BCUT2D eigenvalue weighted by Gasteiger charge is -2.34. The fourth-order valence-electron chi connectivity index (χ4n) is 2.55. The highest BCUT2D eigenvalue weighted by molar-refractivity contribution is 5.85. The van der Waals surface area contributed by atoms with E-state index in [-0.39, 0.29) is 11.8 Å². The standard InChI is InChI=1S/C11H18N2O3/c14-10(8-4-5-12-7-8)13-6-2-1-3-9(13)11(15)16/h8-9,12H,1-7H2,(H,15,16)/t8?,9-/m1/s1. The summed E-state index contributed by atoms with van der Waals surface area (Å²) in [5.74, 6) is -0.851. The number of likely N-dealkylation sites (tertiary alicyclic amines) is 1. The first-order valence-corrected chi connectivity index (χ1v) is 5.94. The van der Waals surface area contributed by atoms with E-state index < -0.39 is 12.0 Å². The SMILES string of the molecule is O=C(O)[C@H]1CCCCN1C(=O)C1CCNC1. The van der Waals surface area contributed by atoms with Crippen LogP contribution in [-0.2, 0) is 9.59 Å². The van der Waals surface area contributed by atoms with Crippen molar-refractivity contribution >= 4 is 11.9 Å². The van der Waals surface area contributed by atoms with Crippen LogP contribution in [0.4, 0.5) is 0 Å². The highest BCUT2D eigenvalue weighted by atomic mass is 16.4. The molecule has 2 fully saturated rings. The van der Waals surface area contributed by atoms with Crippen molar-refractivity contribution in [2.24, 2.45) is 5.92 Å². The number of hydrogen-bond donors (Lipinski definition) is 2. The highest BCUT2D eigenvalue weighted by Crippen LogP contribution is 2.21. The molecule has 0 aromatic carbocycles. The minimum atomic E-state index is -0.862. The van der Waals surface area contributed by atoms with Crippen LogP contribution in [0.2, 0.25) is 0 Å². The van der Waals surface area contributed by atoms with Crippen molar-refractivity contribution in [3.8, 4) is 0 Å². The molecule has 0 aliphatic carbocycles. The molecule has 2 saturated heterocycles. The number of aliphatic carboxylic acids is 1. The van der Waals surface area contributed by atoms with Crippen molar-refractivity contribution in [3.05, 3.63) is 0 Å². The smallest absolute Gasteiger partial charge is 0.326 e. The van der Waals surface area contributed by atoms with Crippen molar-refractivity contribution in [2.45, 2.75) is 31.7 Å². The van der Waals surface area contributed by atoms with Gasteiger partial charge in [0.1, 0.15) is 6.04 Å². The fraction of sp³-hybridized carbons (Fsp3) is 0.818. The molecule has 2 aliphatic rings. The predicted molar refractivity (Wildman–Crippen MR) is 58.0 cm³/mol. The summed E-state index contributed by atoms with van der Waals surface area (Å²) in [6.45, 7) is 2.16. The van der Waals surface area contributed by atoms with Gasteiger partial charge in [0.15, 0.2) is 0 Å². The molecule has 5 heteroatoms. The third kappa shape index (κ3) is 2.19. The Kier molecular flexibility index (Phi) is 3.43. The number of carboxylic acid groups (broad SMARTS) is 1.